The van der Waals surface area contributed by atoms with Gasteiger partial charge in [0.05, 0.1) is 6.61 Å². The zero-order chi connectivity index (χ0) is 13.1. The Labute approximate surface area is 106 Å². The lowest BCUT2D eigenvalue weighted by Crippen LogP contribution is -2.36. The van der Waals surface area contributed by atoms with Crippen LogP contribution in [0.4, 0.5) is 0 Å². The molecule has 0 aliphatic heterocycles. The minimum Gasteiger partial charge on any atom is -0.462 e. The number of hydrogen-bond donors (Lipinski definition) is 0. The Hall–Kier alpha value is -0.613. The van der Waals surface area contributed by atoms with E-state index in [9.17, 15) is 4.79 Å². The van der Waals surface area contributed by atoms with Crippen LogP contribution >= 0.6 is 0 Å². The molecule has 0 bridgehead atoms. The van der Waals surface area contributed by atoms with Crippen LogP contribution in [-0.4, -0.2) is 27.5 Å². The van der Waals surface area contributed by atoms with Crippen molar-refractivity contribution in [3.63, 3.8) is 0 Å². The summed E-state index contributed by atoms with van der Waals surface area (Å²) in [5, 5.41) is 0. The first-order valence-electron chi connectivity index (χ1n) is 6.57. The van der Waals surface area contributed by atoms with Crippen LogP contribution in [0.3, 0.4) is 0 Å². The Balaban J connectivity index is 3.72. The second-order valence-electron chi connectivity index (χ2n) is 4.11. The number of allylic oxidation sites excluding steroid dienone is 1. The second kappa shape index (κ2) is 9.42. The van der Waals surface area contributed by atoms with E-state index in [1.807, 2.05) is 0 Å². The largest absolute Gasteiger partial charge is 0.462 e. The summed E-state index contributed by atoms with van der Waals surface area (Å²) in [5.41, 5.74) is 0. The normalized spacial score (nSPS) is 12.0. The van der Waals surface area contributed by atoms with Crippen molar-refractivity contribution in [2.24, 2.45) is 0 Å². The lowest BCUT2D eigenvalue weighted by molar-refractivity contribution is -0.138. The van der Waals surface area contributed by atoms with Crippen LogP contribution in [0.15, 0.2) is 12.2 Å². The van der Waals surface area contributed by atoms with Crippen molar-refractivity contribution in [1.29, 1.82) is 0 Å². The van der Waals surface area contributed by atoms with Crippen LogP contribution in [0, 0.1) is 0 Å². The minimum absolute atomic E-state index is 0.266. The van der Waals surface area contributed by atoms with Crippen LogP contribution in [-0.2, 0) is 14.0 Å². The van der Waals surface area contributed by atoms with Gasteiger partial charge in [0.2, 0.25) is 0 Å². The number of ether oxygens (including phenoxy) is 1. The molecule has 4 heteroatoms. The fraction of sp³-hybridized carbons (Fsp3) is 0.769. The number of hydrogen-bond acceptors (Lipinski definition) is 3. The van der Waals surface area contributed by atoms with Crippen molar-refractivity contribution in [3.05, 3.63) is 12.2 Å². The SMILES string of the molecule is C/C=C/C(=O)OCCCO[Si](CC)(CC)CC. The monoisotopic (exact) mass is 258 g/mol. The molecule has 0 aliphatic rings. The zero-order valence-electron chi connectivity index (χ0n) is 11.6. The fourth-order valence-electron chi connectivity index (χ4n) is 1.76. The molecule has 0 atom stereocenters. The third kappa shape index (κ3) is 6.63. The molecule has 0 aromatic carbocycles. The van der Waals surface area contributed by atoms with E-state index < -0.39 is 8.32 Å². The molecule has 0 heterocycles. The summed E-state index contributed by atoms with van der Waals surface area (Å²) in [6.07, 6.45) is 3.91. The highest BCUT2D eigenvalue weighted by atomic mass is 28.4. The van der Waals surface area contributed by atoms with Crippen LogP contribution in [0.25, 0.3) is 0 Å². The predicted molar refractivity (Wildman–Crippen MR) is 73.5 cm³/mol. The van der Waals surface area contributed by atoms with Crippen LogP contribution in [0.1, 0.15) is 34.1 Å². The van der Waals surface area contributed by atoms with Gasteiger partial charge in [-0.15, -0.1) is 0 Å². The van der Waals surface area contributed by atoms with E-state index in [1.165, 1.54) is 24.2 Å². The molecule has 0 spiro atoms. The lowest BCUT2D eigenvalue weighted by atomic mass is 10.5. The first kappa shape index (κ1) is 16.4. The highest BCUT2D eigenvalue weighted by molar-refractivity contribution is 6.73. The number of esters is 1. The molecule has 0 aromatic rings. The van der Waals surface area contributed by atoms with E-state index in [0.717, 1.165) is 6.42 Å². The van der Waals surface area contributed by atoms with Crippen LogP contribution in [0.5, 0.6) is 0 Å². The van der Waals surface area contributed by atoms with E-state index in [2.05, 4.69) is 20.8 Å². The Morgan fingerprint density at radius 3 is 2.18 bits per heavy atom. The summed E-state index contributed by atoms with van der Waals surface area (Å²) in [6.45, 7) is 9.60. The first-order valence-corrected chi connectivity index (χ1v) is 9.10. The number of rotatable bonds is 9. The molecular weight excluding hydrogens is 232 g/mol. The molecule has 0 aliphatic carbocycles. The molecule has 0 rings (SSSR count). The van der Waals surface area contributed by atoms with Crippen molar-refractivity contribution >= 4 is 14.3 Å². The summed E-state index contributed by atoms with van der Waals surface area (Å²) >= 11 is 0. The van der Waals surface area contributed by atoms with Gasteiger partial charge in [-0.05, 0) is 25.1 Å². The molecule has 0 aromatic heterocycles. The predicted octanol–water partition coefficient (Wildman–Crippen LogP) is 3.52. The van der Waals surface area contributed by atoms with Gasteiger partial charge in [0, 0.05) is 19.1 Å². The molecule has 0 unspecified atom stereocenters. The molecule has 0 N–H and O–H groups in total. The summed E-state index contributed by atoms with van der Waals surface area (Å²) in [4.78, 5) is 11.0. The van der Waals surface area contributed by atoms with Gasteiger partial charge >= 0.3 is 5.97 Å². The molecule has 0 fully saturated rings. The van der Waals surface area contributed by atoms with E-state index in [0.29, 0.717) is 13.2 Å². The van der Waals surface area contributed by atoms with Crippen molar-refractivity contribution in [3.8, 4) is 0 Å². The van der Waals surface area contributed by atoms with Crippen molar-refractivity contribution in [2.45, 2.75) is 52.2 Å². The van der Waals surface area contributed by atoms with Crippen LogP contribution < -0.4 is 0 Å². The summed E-state index contributed by atoms with van der Waals surface area (Å²) in [5.74, 6) is -0.266. The maximum Gasteiger partial charge on any atom is 0.330 e. The lowest BCUT2D eigenvalue weighted by Gasteiger charge is -2.27. The molecule has 17 heavy (non-hydrogen) atoms. The van der Waals surface area contributed by atoms with Gasteiger partial charge in [0.15, 0.2) is 8.32 Å². The van der Waals surface area contributed by atoms with Crippen LogP contribution in [0.2, 0.25) is 18.1 Å². The van der Waals surface area contributed by atoms with Crippen molar-refractivity contribution < 1.29 is 14.0 Å². The van der Waals surface area contributed by atoms with E-state index >= 15 is 0 Å². The van der Waals surface area contributed by atoms with Gasteiger partial charge in [-0.3, -0.25) is 0 Å². The van der Waals surface area contributed by atoms with Gasteiger partial charge < -0.3 is 9.16 Å². The second-order valence-corrected chi connectivity index (χ2v) is 8.89. The maximum absolute atomic E-state index is 11.0. The molecular formula is C13H26O3Si. The quantitative estimate of drug-likeness (QED) is 0.275. The third-order valence-electron chi connectivity index (χ3n) is 3.18. The average molecular weight is 258 g/mol. The van der Waals surface area contributed by atoms with Gasteiger partial charge in [0.25, 0.3) is 0 Å². The zero-order valence-corrected chi connectivity index (χ0v) is 12.6. The Bertz CT molecular complexity index is 227. The fourth-order valence-corrected chi connectivity index (χ4v) is 4.45. The Kier molecular flexibility index (Phi) is 9.08. The van der Waals surface area contributed by atoms with Gasteiger partial charge in [0.1, 0.15) is 0 Å². The highest BCUT2D eigenvalue weighted by Gasteiger charge is 2.28. The molecule has 0 saturated carbocycles. The summed E-state index contributed by atoms with van der Waals surface area (Å²) in [7, 11) is -1.46. The highest BCUT2D eigenvalue weighted by Crippen LogP contribution is 2.21. The minimum atomic E-state index is -1.46. The first-order chi connectivity index (χ1) is 8.14. The third-order valence-corrected chi connectivity index (χ3v) is 7.86. The van der Waals surface area contributed by atoms with Gasteiger partial charge in [-0.1, -0.05) is 26.8 Å². The average Bonchev–Trinajstić information content (AvgIpc) is 2.35. The topological polar surface area (TPSA) is 35.5 Å². The van der Waals surface area contributed by atoms with E-state index in [4.69, 9.17) is 9.16 Å². The molecule has 100 valence electrons. The molecule has 3 nitrogen and oxygen atoms in total. The standard InChI is InChI=1S/C13H26O3Si/c1-5-10-13(14)15-11-9-12-16-17(6-2,7-3)8-4/h5,10H,6-9,11-12H2,1-4H3/b10-5+. The van der Waals surface area contributed by atoms with Crippen molar-refractivity contribution in [2.75, 3.05) is 13.2 Å². The van der Waals surface area contributed by atoms with E-state index in [1.54, 1.807) is 13.0 Å². The number of carbonyl (C=O) groups excluding carboxylic acids is 1. The van der Waals surface area contributed by atoms with E-state index in [-0.39, 0.29) is 5.97 Å². The smallest absolute Gasteiger partial charge is 0.330 e. The number of carbonyl (C=O) groups is 1. The van der Waals surface area contributed by atoms with Gasteiger partial charge in [-0.25, -0.2) is 4.79 Å². The summed E-state index contributed by atoms with van der Waals surface area (Å²) < 4.78 is 11.1. The van der Waals surface area contributed by atoms with Gasteiger partial charge in [-0.2, -0.15) is 0 Å². The molecule has 0 radical (unpaired) electrons. The molecule has 0 saturated heterocycles. The maximum atomic E-state index is 11.0. The Morgan fingerprint density at radius 2 is 1.71 bits per heavy atom. The Morgan fingerprint density at radius 1 is 1.12 bits per heavy atom. The molecule has 0 amide bonds. The summed E-state index contributed by atoms with van der Waals surface area (Å²) in [6, 6.07) is 3.50. The van der Waals surface area contributed by atoms with Crippen molar-refractivity contribution in [1.82, 2.24) is 0 Å².